The van der Waals surface area contributed by atoms with Gasteiger partial charge in [-0.25, -0.2) is 0 Å². The molecule has 1 aromatic carbocycles. The Morgan fingerprint density at radius 1 is 1.43 bits per heavy atom. The molecule has 0 aliphatic carbocycles. The molecule has 8 nitrogen and oxygen atoms in total. The van der Waals surface area contributed by atoms with E-state index in [2.05, 4.69) is 5.16 Å². The van der Waals surface area contributed by atoms with Gasteiger partial charge in [-0.2, -0.15) is 5.26 Å². The third kappa shape index (κ3) is 2.89. The third-order valence-electron chi connectivity index (χ3n) is 3.15. The molecule has 118 valence electrons. The zero-order valence-electron chi connectivity index (χ0n) is 12.7. The number of nitro groups is 1. The van der Waals surface area contributed by atoms with Gasteiger partial charge in [0, 0.05) is 17.5 Å². The quantitative estimate of drug-likeness (QED) is 0.302. The van der Waals surface area contributed by atoms with Crippen molar-refractivity contribution in [3.05, 3.63) is 39.6 Å². The minimum Gasteiger partial charge on any atom is -0.504 e. The van der Waals surface area contributed by atoms with E-state index in [0.717, 1.165) is 6.07 Å². The molecule has 1 N–H and O–H groups in total. The van der Waals surface area contributed by atoms with Crippen molar-refractivity contribution in [2.45, 2.75) is 20.8 Å². The third-order valence-corrected chi connectivity index (χ3v) is 3.15. The molecule has 1 aromatic heterocycles. The molecule has 0 unspecified atom stereocenters. The minimum atomic E-state index is -0.884. The van der Waals surface area contributed by atoms with Crippen LogP contribution >= 0.6 is 0 Å². The Labute approximate surface area is 130 Å². The molecular weight excluding hydrogens is 302 g/mol. The predicted molar refractivity (Wildman–Crippen MR) is 80.3 cm³/mol. The van der Waals surface area contributed by atoms with Crippen LogP contribution in [0.3, 0.4) is 0 Å². The fourth-order valence-electron chi connectivity index (χ4n) is 1.92. The lowest BCUT2D eigenvalue weighted by Crippen LogP contribution is -2.22. The highest BCUT2D eigenvalue weighted by Crippen LogP contribution is 2.30. The lowest BCUT2D eigenvalue weighted by atomic mass is 9.86. The fraction of sp³-hybridized carbons (Fsp3) is 0.267. The number of ketones is 1. The van der Waals surface area contributed by atoms with Crippen LogP contribution in [0.4, 0.5) is 5.69 Å². The summed E-state index contributed by atoms with van der Waals surface area (Å²) in [6, 6.07) is 5.38. The molecule has 0 radical (unpaired) electrons. The van der Waals surface area contributed by atoms with Crippen LogP contribution < -0.4 is 0 Å². The number of nitrogens with zero attached hydrogens (tertiary/aromatic N) is 3. The van der Waals surface area contributed by atoms with Crippen molar-refractivity contribution in [1.29, 1.82) is 5.26 Å². The van der Waals surface area contributed by atoms with E-state index < -0.39 is 27.5 Å². The number of benzene rings is 1. The summed E-state index contributed by atoms with van der Waals surface area (Å²) in [5.41, 5.74) is -1.57. The molecule has 0 atom stereocenters. The molecule has 1 heterocycles. The standard InChI is InChI=1S/C15H13N3O5/c1-15(2,3)14(20)10(7-16)13(19)12-9-6-8(18(21)22)4-5-11(9)23-17-12/h4-6,19H,1-3H3/b13-10-. The maximum absolute atomic E-state index is 12.2. The van der Waals surface area contributed by atoms with Gasteiger partial charge in [-0.3, -0.25) is 14.9 Å². The minimum absolute atomic E-state index is 0.145. The highest BCUT2D eigenvalue weighted by molar-refractivity contribution is 6.09. The molecule has 0 bridgehead atoms. The number of fused-ring (bicyclic) bond motifs is 1. The molecule has 0 aliphatic heterocycles. The zero-order valence-corrected chi connectivity index (χ0v) is 12.7. The van der Waals surface area contributed by atoms with Crippen molar-refractivity contribution in [3.63, 3.8) is 0 Å². The van der Waals surface area contributed by atoms with E-state index >= 15 is 0 Å². The Bertz CT molecular complexity index is 881. The van der Waals surface area contributed by atoms with Crippen LogP contribution in [0.2, 0.25) is 0 Å². The van der Waals surface area contributed by atoms with Gasteiger partial charge in [0.05, 0.1) is 10.3 Å². The Hall–Kier alpha value is -3.21. The molecule has 23 heavy (non-hydrogen) atoms. The Morgan fingerprint density at radius 3 is 2.61 bits per heavy atom. The number of carbonyl (C=O) groups is 1. The summed E-state index contributed by atoms with van der Waals surface area (Å²) in [5, 5.41) is 34.1. The van der Waals surface area contributed by atoms with E-state index in [1.807, 2.05) is 0 Å². The molecule has 0 saturated heterocycles. The number of aliphatic hydroxyl groups is 1. The van der Waals surface area contributed by atoms with Gasteiger partial charge in [-0.05, 0) is 6.07 Å². The van der Waals surface area contributed by atoms with Crippen LogP contribution in [0, 0.1) is 26.9 Å². The maximum Gasteiger partial charge on any atom is 0.270 e. The first kappa shape index (κ1) is 16.2. The molecule has 2 rings (SSSR count). The van der Waals surface area contributed by atoms with Gasteiger partial charge in [0.1, 0.15) is 11.6 Å². The van der Waals surface area contributed by atoms with Crippen molar-refractivity contribution >= 4 is 28.2 Å². The summed E-state index contributed by atoms with van der Waals surface area (Å²) in [6.45, 7) is 4.81. The van der Waals surface area contributed by atoms with Gasteiger partial charge in [0.2, 0.25) is 0 Å². The number of hydrogen-bond donors (Lipinski definition) is 1. The van der Waals surface area contributed by atoms with Gasteiger partial charge >= 0.3 is 0 Å². The first-order valence-electron chi connectivity index (χ1n) is 6.59. The van der Waals surface area contributed by atoms with E-state index in [4.69, 9.17) is 4.52 Å². The summed E-state index contributed by atoms with van der Waals surface area (Å²) in [5.74, 6) is -1.23. The van der Waals surface area contributed by atoms with Crippen LogP contribution in [0.25, 0.3) is 16.7 Å². The van der Waals surface area contributed by atoms with Crippen LogP contribution in [0.1, 0.15) is 26.5 Å². The predicted octanol–water partition coefficient (Wildman–Crippen LogP) is 3.14. The number of hydrogen-bond acceptors (Lipinski definition) is 7. The number of non-ortho nitro benzene ring substituents is 1. The normalized spacial score (nSPS) is 12.6. The van der Waals surface area contributed by atoms with Crippen molar-refractivity contribution < 1.29 is 19.3 Å². The summed E-state index contributed by atoms with van der Waals surface area (Å²) in [6.07, 6.45) is 0. The lowest BCUT2D eigenvalue weighted by molar-refractivity contribution is -0.384. The molecule has 2 aromatic rings. The van der Waals surface area contributed by atoms with Crippen molar-refractivity contribution in [2.24, 2.45) is 5.41 Å². The van der Waals surface area contributed by atoms with Gasteiger partial charge in [-0.1, -0.05) is 25.9 Å². The van der Waals surface area contributed by atoms with Crippen LogP contribution in [-0.2, 0) is 4.79 Å². The second-order valence-corrected chi connectivity index (χ2v) is 5.88. The van der Waals surface area contributed by atoms with Gasteiger partial charge in [0.15, 0.2) is 22.8 Å². The van der Waals surface area contributed by atoms with E-state index in [1.54, 1.807) is 26.8 Å². The monoisotopic (exact) mass is 315 g/mol. The molecule has 0 aliphatic rings. The van der Waals surface area contributed by atoms with E-state index in [9.17, 15) is 25.3 Å². The average Bonchev–Trinajstić information content (AvgIpc) is 2.89. The number of aromatic nitrogens is 1. The number of carbonyl (C=O) groups excluding carboxylic acids is 1. The zero-order chi connectivity index (χ0) is 17.4. The Morgan fingerprint density at radius 2 is 2.09 bits per heavy atom. The topological polar surface area (TPSA) is 130 Å². The van der Waals surface area contributed by atoms with E-state index in [-0.39, 0.29) is 22.4 Å². The molecular formula is C15H13N3O5. The molecule has 8 heteroatoms. The first-order valence-corrected chi connectivity index (χ1v) is 6.59. The number of allylic oxidation sites excluding steroid dienone is 1. The van der Waals surface area contributed by atoms with Crippen molar-refractivity contribution in [1.82, 2.24) is 5.16 Å². The first-order chi connectivity index (χ1) is 10.7. The molecule has 0 amide bonds. The lowest BCUT2D eigenvalue weighted by Gasteiger charge is -2.15. The molecule has 0 saturated carbocycles. The van der Waals surface area contributed by atoms with Gasteiger partial charge in [-0.15, -0.1) is 0 Å². The summed E-state index contributed by atoms with van der Waals surface area (Å²) >= 11 is 0. The van der Waals surface area contributed by atoms with Crippen LogP contribution in [0.15, 0.2) is 28.3 Å². The summed E-state index contributed by atoms with van der Waals surface area (Å²) in [7, 11) is 0. The Kier molecular flexibility index (Phi) is 3.89. The van der Waals surface area contributed by atoms with Gasteiger partial charge in [0.25, 0.3) is 5.69 Å². The number of rotatable bonds is 3. The van der Waals surface area contributed by atoms with Crippen LogP contribution in [0.5, 0.6) is 0 Å². The maximum atomic E-state index is 12.2. The summed E-state index contributed by atoms with van der Waals surface area (Å²) < 4.78 is 4.98. The smallest absolute Gasteiger partial charge is 0.270 e. The van der Waals surface area contributed by atoms with Crippen molar-refractivity contribution in [2.75, 3.05) is 0 Å². The SMILES string of the molecule is CC(C)(C)C(=O)/C(C#N)=C(\O)c1noc2ccc([N+](=O)[O-])cc12. The number of Topliss-reactive ketones (excluding diaryl/α,β-unsaturated/α-hetero) is 1. The highest BCUT2D eigenvalue weighted by Gasteiger charge is 2.30. The second kappa shape index (κ2) is 5.53. The number of nitriles is 1. The molecule has 0 spiro atoms. The largest absolute Gasteiger partial charge is 0.504 e. The van der Waals surface area contributed by atoms with Crippen molar-refractivity contribution in [3.8, 4) is 6.07 Å². The average molecular weight is 315 g/mol. The van der Waals surface area contributed by atoms with E-state index in [0.29, 0.717) is 0 Å². The number of nitro benzene ring substituents is 1. The molecule has 0 fully saturated rings. The number of aliphatic hydroxyl groups excluding tert-OH is 1. The van der Waals surface area contributed by atoms with Gasteiger partial charge < -0.3 is 9.63 Å². The highest BCUT2D eigenvalue weighted by atomic mass is 16.6. The van der Waals surface area contributed by atoms with Crippen LogP contribution in [-0.4, -0.2) is 21.0 Å². The fourth-order valence-corrected chi connectivity index (χ4v) is 1.92. The Balaban J connectivity index is 2.69. The second-order valence-electron chi connectivity index (χ2n) is 5.88. The van der Waals surface area contributed by atoms with E-state index in [1.165, 1.54) is 12.1 Å². The summed E-state index contributed by atoms with van der Waals surface area (Å²) in [4.78, 5) is 22.5.